The molecule has 0 bridgehead atoms. The number of morpholine rings is 1. The summed E-state index contributed by atoms with van der Waals surface area (Å²) >= 11 is 5.80. The van der Waals surface area contributed by atoms with Crippen LogP contribution in [0.15, 0.2) is 59.3 Å². The van der Waals surface area contributed by atoms with Crippen LogP contribution < -0.4 is 10.6 Å². The summed E-state index contributed by atoms with van der Waals surface area (Å²) in [5.41, 5.74) is 2.30. The van der Waals surface area contributed by atoms with Crippen molar-refractivity contribution in [2.45, 2.75) is 45.7 Å². The Bertz CT molecular complexity index is 898. The van der Waals surface area contributed by atoms with Gasteiger partial charge in [-0.3, -0.25) is 4.67 Å². The van der Waals surface area contributed by atoms with Gasteiger partial charge in [0, 0.05) is 29.2 Å². The van der Waals surface area contributed by atoms with E-state index in [1.807, 2.05) is 0 Å². The summed E-state index contributed by atoms with van der Waals surface area (Å²) < 4.78 is 13.5. The van der Waals surface area contributed by atoms with Crippen molar-refractivity contribution in [3.63, 3.8) is 0 Å². The zero-order valence-corrected chi connectivity index (χ0v) is 20.5. The molecule has 0 radical (unpaired) electrons. The quantitative estimate of drug-likeness (QED) is 0.459. The fraction of sp³-hybridized carbons (Fsp3) is 0.458. The second-order valence-electron chi connectivity index (χ2n) is 8.98. The van der Waals surface area contributed by atoms with E-state index in [4.69, 9.17) is 21.7 Å². The molecular weight excluding hydrogens is 409 g/mol. The summed E-state index contributed by atoms with van der Waals surface area (Å²) in [7, 11) is -2.15. The van der Waals surface area contributed by atoms with Crippen LogP contribution in [0.25, 0.3) is 0 Å². The molecule has 0 unspecified atom stereocenters. The molecule has 3 rings (SSSR count). The van der Waals surface area contributed by atoms with Crippen LogP contribution in [-0.2, 0) is 4.74 Å². The highest BCUT2D eigenvalue weighted by molar-refractivity contribution is 7.82. The van der Waals surface area contributed by atoms with Gasteiger partial charge in [0.25, 0.3) is 0 Å². The second-order valence-corrected chi connectivity index (χ2v) is 13.2. The van der Waals surface area contributed by atoms with Gasteiger partial charge in [-0.2, -0.15) is 0 Å². The monoisotopic (exact) mass is 443 g/mol. The maximum atomic E-state index is 5.80. The molecular formula is C24H34N3OPS. The Morgan fingerprint density at radius 3 is 2.17 bits per heavy atom. The topological polar surface area (TPSA) is 36.9 Å². The number of benzene rings is 2. The Balaban J connectivity index is 2.04. The lowest BCUT2D eigenvalue weighted by Gasteiger charge is -2.46. The first-order valence-electron chi connectivity index (χ1n) is 10.7. The number of anilines is 1. The predicted molar refractivity (Wildman–Crippen MR) is 134 cm³/mol. The minimum atomic E-state index is -2.15. The predicted octanol–water partition coefficient (Wildman–Crippen LogP) is 6.08. The summed E-state index contributed by atoms with van der Waals surface area (Å²) in [6.07, 6.45) is 0. The molecule has 1 fully saturated rings. The van der Waals surface area contributed by atoms with Crippen molar-refractivity contribution >= 4 is 35.5 Å². The molecule has 0 aromatic heterocycles. The van der Waals surface area contributed by atoms with Gasteiger partial charge in [0.2, 0.25) is 0 Å². The lowest BCUT2D eigenvalue weighted by molar-refractivity contribution is 0.0738. The number of thiocarbonyl (C=S) groups is 1. The van der Waals surface area contributed by atoms with E-state index in [1.165, 1.54) is 10.9 Å². The first-order valence-corrected chi connectivity index (χ1v) is 12.8. The maximum Gasteiger partial charge on any atom is 0.197 e. The first-order chi connectivity index (χ1) is 14.2. The lowest BCUT2D eigenvalue weighted by Crippen LogP contribution is -2.43. The third-order valence-corrected chi connectivity index (χ3v) is 10.4. The second kappa shape index (κ2) is 9.74. The molecule has 6 heteroatoms. The molecule has 0 aliphatic carbocycles. The van der Waals surface area contributed by atoms with E-state index < -0.39 is 7.21 Å². The Labute approximate surface area is 187 Å². The number of hydrogen-bond acceptors (Lipinski definition) is 2. The van der Waals surface area contributed by atoms with Crippen LogP contribution in [0.2, 0.25) is 0 Å². The lowest BCUT2D eigenvalue weighted by atomic mass is 10.0. The zero-order valence-electron chi connectivity index (χ0n) is 18.8. The normalized spacial score (nSPS) is 17.4. The van der Waals surface area contributed by atoms with Gasteiger partial charge in [-0.15, -0.1) is 0 Å². The molecule has 0 saturated carbocycles. The van der Waals surface area contributed by atoms with Gasteiger partial charge >= 0.3 is 0 Å². The highest BCUT2D eigenvalue weighted by atomic mass is 32.1. The van der Waals surface area contributed by atoms with E-state index in [0.717, 1.165) is 32.0 Å². The van der Waals surface area contributed by atoms with E-state index in [9.17, 15) is 0 Å². The Kier molecular flexibility index (Phi) is 7.52. The Hall–Kier alpha value is -1.52. The van der Waals surface area contributed by atoms with Gasteiger partial charge in [0.05, 0.1) is 20.4 Å². The molecule has 2 aromatic rings. The van der Waals surface area contributed by atoms with Gasteiger partial charge in [0.15, 0.2) is 5.11 Å². The van der Waals surface area contributed by atoms with E-state index in [0.29, 0.717) is 11.0 Å². The minimum absolute atomic E-state index is 0.0705. The van der Waals surface area contributed by atoms with E-state index in [2.05, 4.69) is 99.2 Å². The Morgan fingerprint density at radius 2 is 1.63 bits per heavy atom. The van der Waals surface area contributed by atoms with Crippen molar-refractivity contribution < 1.29 is 4.74 Å². The number of nitrogens with zero attached hydrogens (tertiary/aromatic N) is 2. The fourth-order valence-corrected chi connectivity index (χ4v) is 8.56. The molecule has 1 saturated heterocycles. The van der Waals surface area contributed by atoms with Gasteiger partial charge < -0.3 is 10.1 Å². The van der Waals surface area contributed by atoms with Crippen LogP contribution >= 0.6 is 19.4 Å². The number of ether oxygens (including phenoxy) is 1. The summed E-state index contributed by atoms with van der Waals surface area (Å²) in [4.78, 5) is 0. The van der Waals surface area contributed by atoms with Crippen LogP contribution in [0, 0.1) is 0 Å². The van der Waals surface area contributed by atoms with Crippen molar-refractivity contribution in [3.05, 3.63) is 60.2 Å². The van der Waals surface area contributed by atoms with Gasteiger partial charge in [-0.05, 0) is 35.8 Å². The summed E-state index contributed by atoms with van der Waals surface area (Å²) in [5.74, 6) is 0.509. The average molecular weight is 444 g/mol. The van der Waals surface area contributed by atoms with Crippen molar-refractivity contribution in [1.82, 2.24) is 4.67 Å². The van der Waals surface area contributed by atoms with Gasteiger partial charge in [0.1, 0.15) is 0 Å². The highest BCUT2D eigenvalue weighted by Crippen LogP contribution is 2.62. The standard InChI is InChI=1S/C24H34N3OPS/c1-19(2)20-11-13-21(14-12-20)25-23(30)26-29(24(3,4)5,22-9-7-6-8-10-22)27-15-17-28-18-16-27/h6-14,19H,15-18H2,1-5H3,(H,25,30)/t29-/m1/s1. The molecule has 1 N–H and O–H groups in total. The number of hydrogen-bond donors (Lipinski definition) is 1. The molecule has 1 atom stereocenters. The average Bonchev–Trinajstić information content (AvgIpc) is 2.73. The maximum absolute atomic E-state index is 5.80. The van der Waals surface area contributed by atoms with Crippen LogP contribution in [0.5, 0.6) is 0 Å². The summed E-state index contributed by atoms with van der Waals surface area (Å²) in [5, 5.41) is 5.12. The zero-order chi connectivity index (χ0) is 21.8. The molecule has 1 heterocycles. The van der Waals surface area contributed by atoms with Gasteiger partial charge in [-0.1, -0.05) is 77.1 Å². The molecule has 162 valence electrons. The molecule has 2 aromatic carbocycles. The van der Waals surface area contributed by atoms with E-state index in [1.54, 1.807) is 0 Å². The molecule has 30 heavy (non-hydrogen) atoms. The Morgan fingerprint density at radius 1 is 1.03 bits per heavy atom. The largest absolute Gasteiger partial charge is 0.379 e. The first kappa shape index (κ1) is 23.1. The number of nitrogens with one attached hydrogen (secondary N) is 1. The third kappa shape index (κ3) is 5.03. The molecule has 0 spiro atoms. The number of rotatable bonds is 4. The highest BCUT2D eigenvalue weighted by Gasteiger charge is 2.41. The van der Waals surface area contributed by atoms with Crippen molar-refractivity contribution in [2.24, 2.45) is 4.74 Å². The van der Waals surface area contributed by atoms with Crippen molar-refractivity contribution in [1.29, 1.82) is 0 Å². The van der Waals surface area contributed by atoms with Crippen molar-refractivity contribution in [2.75, 3.05) is 31.6 Å². The summed E-state index contributed by atoms with van der Waals surface area (Å²) in [6.45, 7) is 14.5. The summed E-state index contributed by atoms with van der Waals surface area (Å²) in [6, 6.07) is 19.2. The smallest absolute Gasteiger partial charge is 0.197 e. The fourth-order valence-electron chi connectivity index (χ4n) is 3.96. The van der Waals surface area contributed by atoms with Crippen LogP contribution in [0.3, 0.4) is 0 Å². The van der Waals surface area contributed by atoms with E-state index in [-0.39, 0.29) is 5.16 Å². The molecule has 1 aliphatic rings. The van der Waals surface area contributed by atoms with Crippen LogP contribution in [0.4, 0.5) is 5.69 Å². The SMILES string of the molecule is CC(C)c1ccc(NC(=S)N=[P@](c2ccccc2)(N2CCOCC2)C(C)(C)C)cc1. The van der Waals surface area contributed by atoms with Gasteiger partial charge in [-0.25, -0.2) is 4.74 Å². The van der Waals surface area contributed by atoms with E-state index >= 15 is 0 Å². The molecule has 4 nitrogen and oxygen atoms in total. The van der Waals surface area contributed by atoms with Crippen molar-refractivity contribution in [3.8, 4) is 0 Å². The molecule has 0 amide bonds. The molecule has 1 aliphatic heterocycles. The minimum Gasteiger partial charge on any atom is -0.379 e. The third-order valence-electron chi connectivity index (χ3n) is 5.51. The van der Waals surface area contributed by atoms with Crippen LogP contribution in [0.1, 0.15) is 46.1 Å². The van der Waals surface area contributed by atoms with Crippen LogP contribution in [-0.4, -0.2) is 41.2 Å².